The van der Waals surface area contributed by atoms with Crippen molar-refractivity contribution in [3.05, 3.63) is 31.9 Å². The van der Waals surface area contributed by atoms with E-state index in [-0.39, 0.29) is 25.5 Å². The molecule has 1 aromatic carbocycles. The maximum atomic E-state index is 12.4. The zero-order valence-corrected chi connectivity index (χ0v) is 10.1. The molecule has 0 heterocycles. The Morgan fingerprint density at radius 2 is 2.07 bits per heavy atom. The fourth-order valence-corrected chi connectivity index (χ4v) is 2.60. The average Bonchev–Trinajstić information content (AvgIpc) is 2.02. The molecule has 76 valence electrons. The van der Waals surface area contributed by atoms with Crippen LogP contribution in [0.2, 0.25) is 5.02 Å². The Bertz CT molecular complexity index is 379. The molecule has 0 radical (unpaired) electrons. The molecule has 1 aromatic rings. The molecule has 0 bridgehead atoms. The van der Waals surface area contributed by atoms with Crippen LogP contribution in [0.5, 0.6) is 0 Å². The molecule has 0 atom stereocenters. The van der Waals surface area contributed by atoms with Crippen LogP contribution in [-0.4, -0.2) is 5.78 Å². The molecule has 1 nitrogen and oxygen atoms in total. The molecule has 0 saturated heterocycles. The van der Waals surface area contributed by atoms with Crippen molar-refractivity contribution < 1.29 is 13.6 Å². The van der Waals surface area contributed by atoms with E-state index in [1.165, 1.54) is 19.1 Å². The number of ketones is 1. The van der Waals surface area contributed by atoms with Gasteiger partial charge in [-0.2, -0.15) is 0 Å². The molecule has 0 unspecified atom stereocenters. The van der Waals surface area contributed by atoms with E-state index < -0.39 is 6.43 Å². The van der Waals surface area contributed by atoms with Crippen molar-refractivity contribution in [3.8, 4) is 0 Å². The van der Waals surface area contributed by atoms with Crippen molar-refractivity contribution >= 4 is 40.0 Å². The van der Waals surface area contributed by atoms with Crippen LogP contribution >= 0.6 is 34.2 Å². The molecule has 0 amide bonds. The Morgan fingerprint density at radius 3 is 2.50 bits per heavy atom. The third-order valence-corrected chi connectivity index (χ3v) is 3.19. The van der Waals surface area contributed by atoms with Gasteiger partial charge in [-0.05, 0) is 35.6 Å². The van der Waals surface area contributed by atoms with Gasteiger partial charge < -0.3 is 0 Å². The molecule has 0 aliphatic rings. The quantitative estimate of drug-likeness (QED) is 0.590. The molecule has 0 saturated carbocycles. The monoisotopic (exact) mass is 330 g/mol. The first-order chi connectivity index (χ1) is 6.45. The summed E-state index contributed by atoms with van der Waals surface area (Å²) in [5.41, 5.74) is 0.0188. The van der Waals surface area contributed by atoms with E-state index in [1.54, 1.807) is 22.6 Å². The molecular formula is C9H6ClF2IO. The van der Waals surface area contributed by atoms with Crippen LogP contribution in [0.3, 0.4) is 0 Å². The molecule has 0 spiro atoms. The number of rotatable bonds is 2. The van der Waals surface area contributed by atoms with Crippen LogP contribution in [0.25, 0.3) is 0 Å². The average molecular weight is 330 g/mol. The van der Waals surface area contributed by atoms with Crippen molar-refractivity contribution in [1.29, 1.82) is 0 Å². The summed E-state index contributed by atoms with van der Waals surface area (Å²) in [7, 11) is 0. The van der Waals surface area contributed by atoms with E-state index in [0.29, 0.717) is 0 Å². The summed E-state index contributed by atoms with van der Waals surface area (Å²) in [5, 5.41) is 0.214. The Labute approximate surface area is 98.6 Å². The van der Waals surface area contributed by atoms with Gasteiger partial charge in [-0.1, -0.05) is 17.7 Å². The summed E-state index contributed by atoms with van der Waals surface area (Å²) in [5.74, 6) is -0.304. The first-order valence-electron chi connectivity index (χ1n) is 3.72. The summed E-state index contributed by atoms with van der Waals surface area (Å²) in [6, 6.07) is 2.56. The molecule has 0 aliphatic heterocycles. The van der Waals surface area contributed by atoms with Crippen LogP contribution in [0.15, 0.2) is 12.1 Å². The second-order valence-corrected chi connectivity index (χ2v) is 4.17. The second kappa shape index (κ2) is 4.53. The van der Waals surface area contributed by atoms with Crippen molar-refractivity contribution in [2.24, 2.45) is 0 Å². The number of hydrogen-bond donors (Lipinski definition) is 0. The van der Waals surface area contributed by atoms with E-state index in [0.717, 1.165) is 0 Å². The lowest BCUT2D eigenvalue weighted by atomic mass is 10.1. The third-order valence-electron chi connectivity index (χ3n) is 1.71. The van der Waals surface area contributed by atoms with Crippen LogP contribution in [0, 0.1) is 3.57 Å². The van der Waals surface area contributed by atoms with Gasteiger partial charge in [-0.25, -0.2) is 8.78 Å². The highest BCUT2D eigenvalue weighted by molar-refractivity contribution is 14.1. The standard InChI is InChI=1S/C9H6ClF2IO/c1-4(14)7-6(10)3-2-5(8(7)13)9(11)12/h2-3,9H,1H3. The maximum absolute atomic E-state index is 12.4. The van der Waals surface area contributed by atoms with Gasteiger partial charge in [0.2, 0.25) is 0 Å². The minimum Gasteiger partial charge on any atom is -0.294 e. The van der Waals surface area contributed by atoms with Gasteiger partial charge in [-0.3, -0.25) is 4.79 Å². The van der Waals surface area contributed by atoms with Crippen LogP contribution < -0.4 is 0 Å². The molecular weight excluding hydrogens is 324 g/mol. The van der Waals surface area contributed by atoms with Crippen LogP contribution in [-0.2, 0) is 0 Å². The lowest BCUT2D eigenvalue weighted by molar-refractivity contribution is 0.101. The highest BCUT2D eigenvalue weighted by Crippen LogP contribution is 2.31. The zero-order chi connectivity index (χ0) is 10.9. The minimum atomic E-state index is -2.59. The smallest absolute Gasteiger partial charge is 0.264 e. The number of alkyl halides is 2. The van der Waals surface area contributed by atoms with Gasteiger partial charge in [0.05, 0.1) is 5.02 Å². The second-order valence-electron chi connectivity index (χ2n) is 2.68. The summed E-state index contributed by atoms with van der Waals surface area (Å²) in [6.07, 6.45) is -2.59. The van der Waals surface area contributed by atoms with E-state index in [4.69, 9.17) is 11.6 Å². The molecule has 0 N–H and O–H groups in total. The normalized spacial score (nSPS) is 10.7. The summed E-state index contributed by atoms with van der Waals surface area (Å²) in [4.78, 5) is 11.1. The van der Waals surface area contributed by atoms with Gasteiger partial charge in [-0.15, -0.1) is 0 Å². The molecule has 1 rings (SSSR count). The molecule has 0 fully saturated rings. The number of carbonyl (C=O) groups is 1. The maximum Gasteiger partial charge on any atom is 0.264 e. The van der Waals surface area contributed by atoms with Gasteiger partial charge in [0.15, 0.2) is 5.78 Å². The predicted octanol–water partition coefficient (Wildman–Crippen LogP) is 4.08. The Morgan fingerprint density at radius 1 is 1.50 bits per heavy atom. The van der Waals surface area contributed by atoms with Crippen molar-refractivity contribution in [3.63, 3.8) is 0 Å². The van der Waals surface area contributed by atoms with E-state index in [9.17, 15) is 13.6 Å². The Balaban J connectivity index is 3.41. The Hall–Kier alpha value is -0.230. The van der Waals surface area contributed by atoms with Crippen molar-refractivity contribution in [2.45, 2.75) is 13.3 Å². The molecule has 14 heavy (non-hydrogen) atoms. The van der Waals surface area contributed by atoms with Gasteiger partial charge in [0, 0.05) is 14.7 Å². The lowest BCUT2D eigenvalue weighted by Gasteiger charge is -2.08. The topological polar surface area (TPSA) is 17.1 Å². The summed E-state index contributed by atoms with van der Waals surface area (Å²) >= 11 is 7.44. The number of carbonyl (C=O) groups excluding carboxylic acids is 1. The Kier molecular flexibility index (Phi) is 3.83. The fourth-order valence-electron chi connectivity index (χ4n) is 1.06. The fraction of sp³-hybridized carbons (Fsp3) is 0.222. The highest BCUT2D eigenvalue weighted by Gasteiger charge is 2.18. The summed E-state index contributed by atoms with van der Waals surface area (Å²) in [6.45, 7) is 1.30. The molecule has 0 aromatic heterocycles. The highest BCUT2D eigenvalue weighted by atomic mass is 127. The van der Waals surface area contributed by atoms with Gasteiger partial charge >= 0.3 is 0 Å². The first-order valence-corrected chi connectivity index (χ1v) is 5.17. The molecule has 0 aliphatic carbocycles. The van der Waals surface area contributed by atoms with Crippen LogP contribution in [0.4, 0.5) is 8.78 Å². The van der Waals surface area contributed by atoms with Gasteiger partial charge in [0.25, 0.3) is 6.43 Å². The van der Waals surface area contributed by atoms with Crippen LogP contribution in [0.1, 0.15) is 29.3 Å². The number of hydrogen-bond acceptors (Lipinski definition) is 1. The number of benzene rings is 1. The lowest BCUT2D eigenvalue weighted by Crippen LogP contribution is -2.01. The van der Waals surface area contributed by atoms with E-state index in [2.05, 4.69) is 0 Å². The number of Topliss-reactive ketones (excluding diaryl/α,β-unsaturated/α-hetero) is 1. The zero-order valence-electron chi connectivity index (χ0n) is 7.15. The third kappa shape index (κ3) is 2.23. The predicted molar refractivity (Wildman–Crippen MR) is 59.1 cm³/mol. The first kappa shape index (κ1) is 11.8. The van der Waals surface area contributed by atoms with Crippen molar-refractivity contribution in [2.75, 3.05) is 0 Å². The van der Waals surface area contributed by atoms with Gasteiger partial charge in [0.1, 0.15) is 0 Å². The SMILES string of the molecule is CC(=O)c1c(Cl)ccc(C(F)F)c1I. The summed E-state index contributed by atoms with van der Waals surface area (Å²) < 4.78 is 25.1. The number of halogens is 4. The minimum absolute atomic E-state index is 0.153. The van der Waals surface area contributed by atoms with E-state index >= 15 is 0 Å². The van der Waals surface area contributed by atoms with Crippen molar-refractivity contribution in [1.82, 2.24) is 0 Å². The molecule has 5 heteroatoms. The largest absolute Gasteiger partial charge is 0.294 e. The van der Waals surface area contributed by atoms with E-state index in [1.807, 2.05) is 0 Å².